The van der Waals surface area contributed by atoms with E-state index in [0.29, 0.717) is 12.3 Å². The van der Waals surface area contributed by atoms with Gasteiger partial charge in [0.25, 0.3) is 0 Å². The summed E-state index contributed by atoms with van der Waals surface area (Å²) in [4.78, 5) is 22.8. The molecule has 1 aliphatic carbocycles. The largest absolute Gasteiger partial charge is 0.488 e. The van der Waals surface area contributed by atoms with Crippen molar-refractivity contribution in [2.24, 2.45) is 4.99 Å². The molecule has 1 aliphatic rings. The molecule has 44 heavy (non-hydrogen) atoms. The van der Waals surface area contributed by atoms with E-state index in [2.05, 4.69) is 71.3 Å². The number of aliphatic imine (C=N–C) groups is 1. The number of hydroxylamine groups is 1. The first-order valence-electron chi connectivity index (χ1n) is 14.9. The Balaban J connectivity index is 1.52. The minimum absolute atomic E-state index is 0.0922. The summed E-state index contributed by atoms with van der Waals surface area (Å²) in [5.41, 5.74) is 10.9. The van der Waals surface area contributed by atoms with Crippen LogP contribution in [0, 0.1) is 6.92 Å². The highest BCUT2D eigenvalue weighted by Gasteiger charge is 2.22. The Morgan fingerprint density at radius 3 is 2.55 bits per heavy atom. The summed E-state index contributed by atoms with van der Waals surface area (Å²) in [7, 11) is 1.66. The van der Waals surface area contributed by atoms with Crippen molar-refractivity contribution in [1.29, 1.82) is 0 Å². The predicted octanol–water partition coefficient (Wildman–Crippen LogP) is 7.98. The lowest BCUT2D eigenvalue weighted by molar-refractivity contribution is 0.0782. The second-order valence-corrected chi connectivity index (χ2v) is 11.1. The monoisotopic (exact) mass is 592 g/mol. The summed E-state index contributed by atoms with van der Waals surface area (Å²) in [5.74, 6) is 0.745. The minimum atomic E-state index is -0.602. The van der Waals surface area contributed by atoms with Gasteiger partial charge in [0.2, 0.25) is 0 Å². The third kappa shape index (κ3) is 6.77. The Bertz CT molecular complexity index is 1780. The summed E-state index contributed by atoms with van der Waals surface area (Å²) in [6.07, 6.45) is 7.89. The van der Waals surface area contributed by atoms with Gasteiger partial charge in [-0.1, -0.05) is 29.9 Å². The van der Waals surface area contributed by atoms with Crippen LogP contribution in [0.5, 0.6) is 5.75 Å². The molecular weight excluding hydrogens is 552 g/mol. The predicted molar refractivity (Wildman–Crippen MR) is 178 cm³/mol. The van der Waals surface area contributed by atoms with Gasteiger partial charge >= 0.3 is 6.09 Å². The molecule has 0 spiro atoms. The number of aryl methyl sites for hydroxylation is 2. The topological polar surface area (TPSA) is 86.1 Å². The molecule has 2 N–H and O–H groups in total. The van der Waals surface area contributed by atoms with Crippen LogP contribution in [0.3, 0.4) is 0 Å². The van der Waals surface area contributed by atoms with E-state index < -0.39 is 12.1 Å². The number of methoxy groups -OCH3 is 1. The van der Waals surface area contributed by atoms with Crippen LogP contribution in [0.25, 0.3) is 21.8 Å². The summed E-state index contributed by atoms with van der Waals surface area (Å²) in [6.45, 7) is 13.2. The van der Waals surface area contributed by atoms with Crippen LogP contribution in [-0.2, 0) is 16.1 Å². The Morgan fingerprint density at radius 2 is 1.82 bits per heavy atom. The van der Waals surface area contributed by atoms with E-state index in [9.17, 15) is 4.79 Å². The highest BCUT2D eigenvalue weighted by molar-refractivity contribution is 6.09. The molecule has 4 aromatic rings. The highest BCUT2D eigenvalue weighted by atomic mass is 16.7. The van der Waals surface area contributed by atoms with E-state index in [1.165, 1.54) is 5.57 Å². The van der Waals surface area contributed by atoms with E-state index in [0.717, 1.165) is 62.9 Å². The van der Waals surface area contributed by atoms with Gasteiger partial charge in [0, 0.05) is 41.2 Å². The van der Waals surface area contributed by atoms with Crippen molar-refractivity contribution in [3.63, 3.8) is 0 Å². The smallest absolute Gasteiger partial charge is 0.430 e. The second-order valence-electron chi connectivity index (χ2n) is 11.1. The van der Waals surface area contributed by atoms with Crippen molar-refractivity contribution in [2.75, 3.05) is 13.7 Å². The summed E-state index contributed by atoms with van der Waals surface area (Å²) in [5, 5.41) is 5.00. The van der Waals surface area contributed by atoms with Gasteiger partial charge in [-0.3, -0.25) is 10.3 Å². The molecule has 0 bridgehead atoms. The number of aromatic nitrogens is 1. The molecule has 1 aromatic heterocycles. The maximum atomic E-state index is 13.0. The summed E-state index contributed by atoms with van der Waals surface area (Å²) >= 11 is 0. The van der Waals surface area contributed by atoms with E-state index in [4.69, 9.17) is 14.3 Å². The Kier molecular flexibility index (Phi) is 9.62. The van der Waals surface area contributed by atoms with Crippen LogP contribution in [0.15, 0.2) is 95.2 Å². The molecule has 2 atom stereocenters. The molecule has 2 unspecified atom stereocenters. The molecule has 0 saturated carbocycles. The number of nitrogens with one attached hydrogen (secondary N) is 2. The van der Waals surface area contributed by atoms with Crippen molar-refractivity contribution in [2.45, 2.75) is 52.8 Å². The number of carbonyl (C=O) groups is 1. The fraction of sp³-hybridized carbons (Fsp3) is 0.278. The zero-order valence-corrected chi connectivity index (χ0v) is 26.0. The van der Waals surface area contributed by atoms with Crippen LogP contribution in [0.1, 0.15) is 49.9 Å². The average molecular weight is 593 g/mol. The van der Waals surface area contributed by atoms with Crippen LogP contribution in [0.4, 0.5) is 10.5 Å². The van der Waals surface area contributed by atoms with Gasteiger partial charge in [0.15, 0.2) is 0 Å². The van der Waals surface area contributed by atoms with Crippen LogP contribution < -0.4 is 15.5 Å². The molecule has 8 heteroatoms. The van der Waals surface area contributed by atoms with Gasteiger partial charge in [-0.2, -0.15) is 0 Å². The summed E-state index contributed by atoms with van der Waals surface area (Å²) < 4.78 is 13.6. The number of benzene rings is 3. The zero-order valence-electron chi connectivity index (χ0n) is 26.0. The van der Waals surface area contributed by atoms with Gasteiger partial charge < -0.3 is 18.9 Å². The van der Waals surface area contributed by atoms with E-state index in [-0.39, 0.29) is 6.10 Å². The SMILES string of the molecule is C=Nc1ccc2c(c1)c1cc(C(NOC(=O)NC3=CC=C(C)CC=C3)c3ccc(OC(C)COC)cc3C)ccc1n2CC. The third-order valence-corrected chi connectivity index (χ3v) is 7.80. The fourth-order valence-corrected chi connectivity index (χ4v) is 5.65. The van der Waals surface area contributed by atoms with Gasteiger partial charge in [-0.15, -0.1) is 5.48 Å². The zero-order chi connectivity index (χ0) is 31.2. The van der Waals surface area contributed by atoms with Crippen molar-refractivity contribution in [1.82, 2.24) is 15.4 Å². The molecule has 0 radical (unpaired) electrons. The number of ether oxygens (including phenoxy) is 2. The van der Waals surface area contributed by atoms with E-state index in [1.54, 1.807) is 7.11 Å². The first kappa shape index (κ1) is 30.8. The van der Waals surface area contributed by atoms with Crippen LogP contribution in [0.2, 0.25) is 0 Å². The van der Waals surface area contributed by atoms with Crippen molar-refractivity contribution < 1.29 is 19.1 Å². The van der Waals surface area contributed by atoms with E-state index in [1.807, 2.05) is 62.4 Å². The minimum Gasteiger partial charge on any atom is -0.488 e. The molecule has 0 fully saturated rings. The molecule has 0 aliphatic heterocycles. The Hall–Kier alpha value is -4.66. The number of allylic oxidation sites excluding steroid dienone is 5. The number of fused-ring (bicyclic) bond motifs is 3. The van der Waals surface area contributed by atoms with Crippen molar-refractivity contribution in [3.8, 4) is 5.75 Å². The molecule has 5 rings (SSSR count). The number of rotatable bonds is 11. The van der Waals surface area contributed by atoms with Crippen molar-refractivity contribution >= 4 is 40.3 Å². The molecule has 1 amide bonds. The maximum absolute atomic E-state index is 13.0. The molecule has 0 saturated heterocycles. The molecule has 8 nitrogen and oxygen atoms in total. The normalized spacial score (nSPS) is 14.5. The lowest BCUT2D eigenvalue weighted by atomic mass is 9.94. The Morgan fingerprint density at radius 1 is 1.05 bits per heavy atom. The third-order valence-electron chi connectivity index (χ3n) is 7.80. The lowest BCUT2D eigenvalue weighted by Crippen LogP contribution is -2.32. The van der Waals surface area contributed by atoms with Crippen LogP contribution in [-0.4, -0.2) is 37.2 Å². The van der Waals surface area contributed by atoms with Gasteiger partial charge in [0.1, 0.15) is 11.9 Å². The highest BCUT2D eigenvalue weighted by Crippen LogP contribution is 2.36. The summed E-state index contributed by atoms with van der Waals surface area (Å²) in [6, 6.07) is 18.0. The standard InChI is InChI=1S/C36H40N4O4/c1-7-40-33-17-12-26(20-31(33)32-21-28(37-5)14-18-34(32)40)35(30-16-15-29(19-24(30)3)43-25(4)22-42-6)39-44-36(41)38-27-10-8-9-23(2)11-13-27/h8,10-21,25,35,39H,5,7,9,22H2,1-4,6H3,(H,38,41). The second kappa shape index (κ2) is 13.8. The number of hydrogen-bond donors (Lipinski definition) is 2. The molecule has 1 heterocycles. The fourth-order valence-electron chi connectivity index (χ4n) is 5.65. The molecule has 228 valence electrons. The molecular formula is C36H40N4O4. The average Bonchev–Trinajstić information content (AvgIpc) is 3.17. The van der Waals surface area contributed by atoms with Crippen molar-refractivity contribution in [3.05, 3.63) is 107 Å². The maximum Gasteiger partial charge on any atom is 0.430 e. The number of hydrogen-bond acceptors (Lipinski definition) is 6. The number of carbonyl (C=O) groups excluding carboxylic acids is 1. The van der Waals surface area contributed by atoms with Crippen LogP contribution >= 0.6 is 0 Å². The van der Waals surface area contributed by atoms with Gasteiger partial charge in [0.05, 0.1) is 18.3 Å². The molecule has 3 aromatic carbocycles. The number of amides is 1. The first-order valence-corrected chi connectivity index (χ1v) is 14.9. The number of nitrogens with zero attached hydrogens (tertiary/aromatic N) is 2. The first-order chi connectivity index (χ1) is 21.3. The van der Waals surface area contributed by atoms with Gasteiger partial charge in [-0.25, -0.2) is 4.79 Å². The lowest BCUT2D eigenvalue weighted by Gasteiger charge is -2.22. The van der Waals surface area contributed by atoms with Gasteiger partial charge in [-0.05, 0) is 112 Å². The van der Waals surface area contributed by atoms with E-state index >= 15 is 0 Å². The quantitative estimate of drug-likeness (QED) is 0.136. The Labute approximate surface area is 258 Å².